The molecule has 170 valence electrons. The highest BCUT2D eigenvalue weighted by atomic mass is 35.5. The number of rotatable bonds is 7. The number of morpholine rings is 1. The fourth-order valence-corrected chi connectivity index (χ4v) is 4.86. The average molecular weight is 474 g/mol. The van der Waals surface area contributed by atoms with E-state index in [4.69, 9.17) is 26.1 Å². The molecule has 2 heterocycles. The van der Waals surface area contributed by atoms with Gasteiger partial charge in [0.25, 0.3) is 5.91 Å². The smallest absolute Gasteiger partial charge is 0.260 e. The summed E-state index contributed by atoms with van der Waals surface area (Å²) < 4.78 is 12.2. The first kappa shape index (κ1) is 23.0. The van der Waals surface area contributed by atoms with E-state index in [1.807, 2.05) is 57.2 Å². The van der Waals surface area contributed by atoms with Gasteiger partial charge in [-0.3, -0.25) is 14.6 Å². The molecule has 0 atom stereocenters. The normalized spacial score (nSPS) is 14.8. The number of ether oxygens (including phenoxy) is 2. The van der Waals surface area contributed by atoms with E-state index >= 15 is 0 Å². The van der Waals surface area contributed by atoms with Crippen LogP contribution in [-0.4, -0.2) is 61.3 Å². The van der Waals surface area contributed by atoms with Crippen LogP contribution >= 0.6 is 22.9 Å². The van der Waals surface area contributed by atoms with Gasteiger partial charge in [0.05, 0.1) is 29.5 Å². The number of hydrogen-bond donors (Lipinski definition) is 0. The van der Waals surface area contributed by atoms with Gasteiger partial charge in [0.1, 0.15) is 5.75 Å². The average Bonchev–Trinajstić information content (AvgIpc) is 3.22. The van der Waals surface area contributed by atoms with Crippen molar-refractivity contribution >= 4 is 44.2 Å². The predicted molar refractivity (Wildman–Crippen MR) is 131 cm³/mol. The van der Waals surface area contributed by atoms with Gasteiger partial charge in [-0.05, 0) is 62.7 Å². The largest absolute Gasteiger partial charge is 0.491 e. The van der Waals surface area contributed by atoms with Gasteiger partial charge in [-0.2, -0.15) is 0 Å². The van der Waals surface area contributed by atoms with Crippen LogP contribution in [0.2, 0.25) is 5.02 Å². The number of aryl methyl sites for hydroxylation is 1. The Morgan fingerprint density at radius 3 is 2.62 bits per heavy atom. The van der Waals surface area contributed by atoms with Crippen LogP contribution in [0.25, 0.3) is 10.2 Å². The SMILES string of the molecule is Cc1c(Cl)ccc2sc(N(CCN3CCOCC3)C(=O)c3ccc(OC(C)C)cc3)nc12. The van der Waals surface area contributed by atoms with Crippen LogP contribution < -0.4 is 9.64 Å². The van der Waals surface area contributed by atoms with Gasteiger partial charge in [-0.15, -0.1) is 0 Å². The lowest BCUT2D eigenvalue weighted by Gasteiger charge is -2.29. The third-order valence-corrected chi connectivity index (χ3v) is 6.88. The van der Waals surface area contributed by atoms with E-state index in [1.165, 1.54) is 11.3 Å². The molecule has 6 nitrogen and oxygen atoms in total. The summed E-state index contributed by atoms with van der Waals surface area (Å²) in [4.78, 5) is 22.5. The summed E-state index contributed by atoms with van der Waals surface area (Å²) in [5.74, 6) is 0.679. The van der Waals surface area contributed by atoms with E-state index in [0.29, 0.717) is 22.3 Å². The molecule has 0 bridgehead atoms. The number of carbonyl (C=O) groups excluding carboxylic acids is 1. The number of fused-ring (bicyclic) bond motifs is 1. The molecular formula is C24H28ClN3O3S. The fraction of sp³-hybridized carbons (Fsp3) is 0.417. The lowest BCUT2D eigenvalue weighted by molar-refractivity contribution is 0.0391. The molecule has 4 rings (SSSR count). The van der Waals surface area contributed by atoms with Gasteiger partial charge in [0, 0.05) is 36.8 Å². The number of carbonyl (C=O) groups is 1. The van der Waals surface area contributed by atoms with Crippen molar-refractivity contribution in [3.05, 3.63) is 52.5 Å². The van der Waals surface area contributed by atoms with Crippen molar-refractivity contribution in [2.24, 2.45) is 0 Å². The molecule has 0 unspecified atom stereocenters. The summed E-state index contributed by atoms with van der Waals surface area (Å²) in [7, 11) is 0. The van der Waals surface area contributed by atoms with Gasteiger partial charge < -0.3 is 9.47 Å². The molecule has 32 heavy (non-hydrogen) atoms. The number of halogens is 1. The van der Waals surface area contributed by atoms with E-state index in [0.717, 1.165) is 54.4 Å². The Morgan fingerprint density at radius 2 is 1.94 bits per heavy atom. The third-order valence-electron chi connectivity index (χ3n) is 5.43. The molecule has 1 fully saturated rings. The molecule has 1 aliphatic rings. The van der Waals surface area contributed by atoms with Crippen LogP contribution in [-0.2, 0) is 4.74 Å². The monoisotopic (exact) mass is 473 g/mol. The van der Waals surface area contributed by atoms with Crippen molar-refractivity contribution < 1.29 is 14.3 Å². The van der Waals surface area contributed by atoms with Gasteiger partial charge >= 0.3 is 0 Å². The molecule has 1 amide bonds. The number of anilines is 1. The van der Waals surface area contributed by atoms with Gasteiger partial charge in [0.15, 0.2) is 5.13 Å². The maximum atomic E-state index is 13.6. The molecule has 2 aromatic carbocycles. The molecule has 1 aliphatic heterocycles. The van der Waals surface area contributed by atoms with Crippen LogP contribution in [0.3, 0.4) is 0 Å². The Balaban J connectivity index is 1.62. The predicted octanol–water partition coefficient (Wildman–Crippen LogP) is 5.02. The van der Waals surface area contributed by atoms with Crippen LogP contribution in [0.4, 0.5) is 5.13 Å². The lowest BCUT2D eigenvalue weighted by Crippen LogP contribution is -2.43. The zero-order valence-corrected chi connectivity index (χ0v) is 20.2. The quantitative estimate of drug-likeness (QED) is 0.482. The fourth-order valence-electron chi connectivity index (χ4n) is 3.66. The molecule has 0 saturated carbocycles. The second kappa shape index (κ2) is 10.2. The van der Waals surface area contributed by atoms with Crippen molar-refractivity contribution in [1.29, 1.82) is 0 Å². The Morgan fingerprint density at radius 1 is 1.22 bits per heavy atom. The summed E-state index contributed by atoms with van der Waals surface area (Å²) in [5.41, 5.74) is 2.39. The van der Waals surface area contributed by atoms with Crippen molar-refractivity contribution in [1.82, 2.24) is 9.88 Å². The lowest BCUT2D eigenvalue weighted by atomic mass is 10.2. The van der Waals surface area contributed by atoms with Gasteiger partial charge in [-0.25, -0.2) is 4.98 Å². The summed E-state index contributed by atoms with van der Waals surface area (Å²) in [5, 5.41) is 1.37. The number of thiazole rings is 1. The highest BCUT2D eigenvalue weighted by Gasteiger charge is 2.23. The second-order valence-electron chi connectivity index (χ2n) is 8.12. The number of benzene rings is 2. The van der Waals surface area contributed by atoms with Crippen LogP contribution in [0.5, 0.6) is 5.75 Å². The highest BCUT2D eigenvalue weighted by Crippen LogP contribution is 2.34. The molecular weight excluding hydrogens is 446 g/mol. The first-order valence-electron chi connectivity index (χ1n) is 10.9. The number of aromatic nitrogens is 1. The standard InChI is InChI=1S/C24H28ClN3O3S/c1-16(2)31-19-6-4-18(5-7-19)23(29)28(11-10-27-12-14-30-15-13-27)24-26-22-17(3)20(25)8-9-21(22)32-24/h4-9,16H,10-15H2,1-3H3. The van der Waals surface area contributed by atoms with Crippen LogP contribution in [0, 0.1) is 6.92 Å². The van der Waals surface area contributed by atoms with Crippen molar-refractivity contribution in [3.8, 4) is 5.75 Å². The summed E-state index contributed by atoms with van der Waals surface area (Å²) >= 11 is 7.82. The van der Waals surface area contributed by atoms with Gasteiger partial charge in [0.2, 0.25) is 0 Å². The molecule has 8 heteroatoms. The minimum Gasteiger partial charge on any atom is -0.491 e. The minimum atomic E-state index is -0.0721. The van der Waals surface area contributed by atoms with Crippen LogP contribution in [0.15, 0.2) is 36.4 Å². The zero-order chi connectivity index (χ0) is 22.7. The molecule has 0 N–H and O–H groups in total. The van der Waals surface area contributed by atoms with Crippen molar-refractivity contribution in [2.75, 3.05) is 44.3 Å². The maximum Gasteiger partial charge on any atom is 0.260 e. The van der Waals surface area contributed by atoms with Crippen LogP contribution in [0.1, 0.15) is 29.8 Å². The Bertz CT molecular complexity index is 1080. The summed E-state index contributed by atoms with van der Waals surface area (Å²) in [6.45, 7) is 10.4. The molecule has 3 aromatic rings. The Labute approximate surface area is 197 Å². The molecule has 1 aromatic heterocycles. The van der Waals surface area contributed by atoms with E-state index in [-0.39, 0.29) is 12.0 Å². The first-order valence-corrected chi connectivity index (χ1v) is 12.1. The molecule has 0 spiro atoms. The van der Waals surface area contributed by atoms with Gasteiger partial charge in [-0.1, -0.05) is 22.9 Å². The Kier molecular flexibility index (Phi) is 7.30. The summed E-state index contributed by atoms with van der Waals surface area (Å²) in [6.07, 6.45) is 0.0828. The topological polar surface area (TPSA) is 54.9 Å². The number of amides is 1. The third kappa shape index (κ3) is 5.23. The molecule has 1 saturated heterocycles. The Hall–Kier alpha value is -2.19. The molecule has 0 aliphatic carbocycles. The van der Waals surface area contributed by atoms with E-state index in [1.54, 1.807) is 4.90 Å². The van der Waals surface area contributed by atoms with Crippen molar-refractivity contribution in [3.63, 3.8) is 0 Å². The summed E-state index contributed by atoms with van der Waals surface area (Å²) in [6, 6.07) is 11.2. The van der Waals surface area contributed by atoms with E-state index < -0.39 is 0 Å². The minimum absolute atomic E-state index is 0.0721. The highest BCUT2D eigenvalue weighted by molar-refractivity contribution is 7.22. The number of nitrogens with zero attached hydrogens (tertiary/aromatic N) is 3. The van der Waals surface area contributed by atoms with Crippen molar-refractivity contribution in [2.45, 2.75) is 26.9 Å². The zero-order valence-electron chi connectivity index (χ0n) is 18.6. The first-order chi connectivity index (χ1) is 15.4. The molecule has 0 radical (unpaired) electrons. The second-order valence-corrected chi connectivity index (χ2v) is 9.53. The number of hydrogen-bond acceptors (Lipinski definition) is 6. The maximum absolute atomic E-state index is 13.6. The van der Waals surface area contributed by atoms with E-state index in [2.05, 4.69) is 4.90 Å². The van der Waals surface area contributed by atoms with E-state index in [9.17, 15) is 4.79 Å².